The summed E-state index contributed by atoms with van der Waals surface area (Å²) in [4.78, 5) is 26.5. The number of nitrogens with one attached hydrogen (secondary N) is 1. The van der Waals surface area contributed by atoms with Crippen LogP contribution in [0.4, 0.5) is 5.69 Å². The second kappa shape index (κ2) is 8.58. The van der Waals surface area contributed by atoms with Crippen LogP contribution >= 0.6 is 23.1 Å². The Morgan fingerprint density at radius 3 is 2.72 bits per heavy atom. The van der Waals surface area contributed by atoms with Gasteiger partial charge in [-0.1, -0.05) is 6.07 Å². The van der Waals surface area contributed by atoms with Gasteiger partial charge in [-0.3, -0.25) is 9.59 Å². The molecule has 0 bridgehead atoms. The van der Waals surface area contributed by atoms with Gasteiger partial charge in [0, 0.05) is 19.6 Å². The highest BCUT2D eigenvalue weighted by Crippen LogP contribution is 2.44. The highest BCUT2D eigenvalue weighted by atomic mass is 32.3. The Kier molecular flexibility index (Phi) is 5.78. The topological polar surface area (TPSA) is 105 Å². The van der Waals surface area contributed by atoms with Gasteiger partial charge in [0.05, 0.1) is 15.6 Å². The third-order valence-corrected chi connectivity index (χ3v) is 10.2. The van der Waals surface area contributed by atoms with Crippen LogP contribution in [-0.2, 0) is 26.2 Å². The molecule has 1 saturated heterocycles. The van der Waals surface area contributed by atoms with E-state index in [1.54, 1.807) is 12.1 Å². The standard InChI is InChI=1S/C20H21N3O6S3/c24-17(21-9-13-3-4-15-16(7-13)29-12-28-15)10-23-14-8-19(31-20(14)30-11-18(23)25)32(26,27)22-5-1-2-6-22/h3-4,7-8H,1-2,5-6,9-12H2,(H,21,24). The Hall–Kier alpha value is -2.28. The lowest BCUT2D eigenvalue weighted by molar-refractivity contribution is -0.123. The predicted molar refractivity (Wildman–Crippen MR) is 120 cm³/mol. The predicted octanol–water partition coefficient (Wildman–Crippen LogP) is 2.02. The lowest BCUT2D eigenvalue weighted by Gasteiger charge is -2.25. The summed E-state index contributed by atoms with van der Waals surface area (Å²) >= 11 is 2.48. The SMILES string of the molecule is O=C(CN1C(=O)CSc2sc(S(=O)(=O)N3CCCC3)cc21)NCc1ccc2c(c1)OCO2. The van der Waals surface area contributed by atoms with Crippen molar-refractivity contribution in [1.29, 1.82) is 0 Å². The van der Waals surface area contributed by atoms with E-state index in [1.165, 1.54) is 38.4 Å². The monoisotopic (exact) mass is 495 g/mol. The molecule has 1 fully saturated rings. The largest absolute Gasteiger partial charge is 0.454 e. The average Bonchev–Trinajstić information content (AvgIpc) is 3.53. The zero-order chi connectivity index (χ0) is 22.3. The minimum absolute atomic E-state index is 0.170. The van der Waals surface area contributed by atoms with E-state index in [4.69, 9.17) is 9.47 Å². The van der Waals surface area contributed by atoms with Gasteiger partial charge < -0.3 is 19.7 Å². The van der Waals surface area contributed by atoms with Gasteiger partial charge in [0.1, 0.15) is 10.8 Å². The van der Waals surface area contributed by atoms with Crippen molar-refractivity contribution in [3.8, 4) is 11.5 Å². The number of ether oxygens (including phenoxy) is 2. The number of hydrogen-bond acceptors (Lipinski definition) is 8. The van der Waals surface area contributed by atoms with Crippen molar-refractivity contribution < 1.29 is 27.5 Å². The van der Waals surface area contributed by atoms with Crippen molar-refractivity contribution in [2.45, 2.75) is 27.8 Å². The number of benzene rings is 1. The Labute approximate surface area is 193 Å². The fraction of sp³-hybridized carbons (Fsp3) is 0.400. The number of amides is 2. The van der Waals surface area contributed by atoms with Crippen LogP contribution in [0.5, 0.6) is 11.5 Å². The van der Waals surface area contributed by atoms with Gasteiger partial charge in [0.15, 0.2) is 11.5 Å². The third-order valence-electron chi connectivity index (χ3n) is 5.46. The molecule has 0 aliphatic carbocycles. The summed E-state index contributed by atoms with van der Waals surface area (Å²) in [5.74, 6) is 0.926. The van der Waals surface area contributed by atoms with Gasteiger partial charge in [-0.25, -0.2) is 8.42 Å². The fourth-order valence-corrected chi connectivity index (χ4v) is 8.22. The van der Waals surface area contributed by atoms with Crippen molar-refractivity contribution in [3.63, 3.8) is 0 Å². The number of carbonyl (C=O) groups excluding carboxylic acids is 2. The van der Waals surface area contributed by atoms with Crippen LogP contribution in [0.1, 0.15) is 18.4 Å². The molecule has 3 aliphatic rings. The van der Waals surface area contributed by atoms with Crippen molar-refractivity contribution in [2.75, 3.05) is 37.1 Å². The number of thioether (sulfide) groups is 1. The first-order valence-electron chi connectivity index (χ1n) is 10.1. The smallest absolute Gasteiger partial charge is 0.252 e. The number of nitrogens with zero attached hydrogens (tertiary/aromatic N) is 2. The third kappa shape index (κ3) is 4.07. The second-order valence-electron chi connectivity index (χ2n) is 7.58. The van der Waals surface area contributed by atoms with Gasteiger partial charge in [-0.15, -0.1) is 23.1 Å². The van der Waals surface area contributed by atoms with E-state index >= 15 is 0 Å². The first kappa shape index (κ1) is 21.6. The summed E-state index contributed by atoms with van der Waals surface area (Å²) in [7, 11) is -3.58. The maximum atomic E-state index is 12.9. The van der Waals surface area contributed by atoms with E-state index in [0.29, 0.717) is 30.3 Å². The van der Waals surface area contributed by atoms with Gasteiger partial charge in [-0.2, -0.15) is 4.31 Å². The van der Waals surface area contributed by atoms with Crippen LogP contribution in [0.3, 0.4) is 0 Å². The van der Waals surface area contributed by atoms with E-state index in [2.05, 4.69) is 5.32 Å². The Balaban J connectivity index is 1.28. The second-order valence-corrected chi connectivity index (χ2v) is 12.0. The van der Waals surface area contributed by atoms with Crippen LogP contribution in [-0.4, -0.2) is 56.7 Å². The molecule has 0 unspecified atom stereocenters. The normalized spacial score (nSPS) is 18.1. The minimum Gasteiger partial charge on any atom is -0.454 e. The first-order chi connectivity index (χ1) is 15.4. The van der Waals surface area contributed by atoms with Gasteiger partial charge in [-0.05, 0) is 36.6 Å². The number of thiophene rings is 1. The zero-order valence-corrected chi connectivity index (χ0v) is 19.5. The Morgan fingerprint density at radius 2 is 1.91 bits per heavy atom. The molecule has 2 aromatic rings. The first-order valence-corrected chi connectivity index (χ1v) is 13.4. The minimum atomic E-state index is -3.58. The van der Waals surface area contributed by atoms with E-state index < -0.39 is 10.0 Å². The molecule has 0 radical (unpaired) electrons. The summed E-state index contributed by atoms with van der Waals surface area (Å²) in [5, 5.41) is 2.81. The summed E-state index contributed by atoms with van der Waals surface area (Å²) in [6.45, 7) is 1.32. The van der Waals surface area contributed by atoms with Gasteiger partial charge >= 0.3 is 0 Å². The number of hydrogen-bond donors (Lipinski definition) is 1. The van der Waals surface area contributed by atoms with Crippen molar-refractivity contribution in [1.82, 2.24) is 9.62 Å². The van der Waals surface area contributed by atoms with Crippen LogP contribution in [0.2, 0.25) is 0 Å². The van der Waals surface area contributed by atoms with E-state index in [0.717, 1.165) is 22.6 Å². The number of fused-ring (bicyclic) bond motifs is 2. The Bertz CT molecular complexity index is 1170. The molecule has 4 heterocycles. The molecule has 170 valence electrons. The fourth-order valence-electron chi connectivity index (χ4n) is 3.78. The van der Waals surface area contributed by atoms with Crippen molar-refractivity contribution in [2.24, 2.45) is 0 Å². The summed E-state index contributed by atoms with van der Waals surface area (Å²) in [6, 6.07) is 6.96. The van der Waals surface area contributed by atoms with Crippen LogP contribution < -0.4 is 19.7 Å². The maximum Gasteiger partial charge on any atom is 0.252 e. The summed E-state index contributed by atoms with van der Waals surface area (Å²) < 4.78 is 38.9. The van der Waals surface area contributed by atoms with Crippen LogP contribution in [0.25, 0.3) is 0 Å². The molecule has 32 heavy (non-hydrogen) atoms. The van der Waals surface area contributed by atoms with E-state index in [1.807, 2.05) is 6.07 Å². The summed E-state index contributed by atoms with van der Waals surface area (Å²) in [5.41, 5.74) is 1.34. The quantitative estimate of drug-likeness (QED) is 0.654. The molecule has 5 rings (SSSR count). The molecule has 9 nitrogen and oxygen atoms in total. The highest BCUT2D eigenvalue weighted by molar-refractivity contribution is 8.02. The molecule has 0 saturated carbocycles. The van der Waals surface area contributed by atoms with Gasteiger partial charge in [0.25, 0.3) is 10.0 Å². The lowest BCUT2D eigenvalue weighted by atomic mass is 10.2. The molecule has 3 aliphatic heterocycles. The molecule has 2 amide bonds. The molecule has 12 heteroatoms. The van der Waals surface area contributed by atoms with Crippen LogP contribution in [0.15, 0.2) is 32.7 Å². The van der Waals surface area contributed by atoms with Crippen LogP contribution in [0, 0.1) is 0 Å². The maximum absolute atomic E-state index is 12.9. The molecular weight excluding hydrogens is 474 g/mol. The number of carbonyl (C=O) groups is 2. The van der Waals surface area contributed by atoms with Gasteiger partial charge in [0.2, 0.25) is 18.6 Å². The number of rotatable bonds is 6. The average molecular weight is 496 g/mol. The van der Waals surface area contributed by atoms with Crippen molar-refractivity contribution in [3.05, 3.63) is 29.8 Å². The van der Waals surface area contributed by atoms with E-state index in [9.17, 15) is 18.0 Å². The Morgan fingerprint density at radius 1 is 1.12 bits per heavy atom. The zero-order valence-electron chi connectivity index (χ0n) is 17.0. The molecule has 1 aromatic heterocycles. The molecule has 1 aromatic carbocycles. The summed E-state index contributed by atoms with van der Waals surface area (Å²) in [6.07, 6.45) is 1.71. The van der Waals surface area contributed by atoms with Crippen molar-refractivity contribution >= 4 is 50.6 Å². The molecule has 0 spiro atoms. The molecule has 0 atom stereocenters. The number of anilines is 1. The lowest BCUT2D eigenvalue weighted by Crippen LogP contribution is -2.42. The molecular formula is C20H21N3O6S3. The molecule has 1 N–H and O–H groups in total. The highest BCUT2D eigenvalue weighted by Gasteiger charge is 2.34. The number of sulfonamides is 1. The van der Waals surface area contributed by atoms with E-state index in [-0.39, 0.29) is 41.7 Å².